The Morgan fingerprint density at radius 1 is 1.10 bits per heavy atom. The van der Waals surface area contributed by atoms with Gasteiger partial charge >= 0.3 is 0 Å². The van der Waals surface area contributed by atoms with Crippen LogP contribution in [0.5, 0.6) is 11.5 Å². The fraction of sp³-hybridized carbons (Fsp3) is 0.250. The first-order valence-corrected chi connectivity index (χ1v) is 8.63. The third-order valence-corrected chi connectivity index (χ3v) is 4.33. The predicted molar refractivity (Wildman–Crippen MR) is 83.3 cm³/mol. The Bertz CT molecular complexity index is 709. The van der Waals surface area contributed by atoms with E-state index in [4.69, 9.17) is 10.5 Å². The zero-order valence-corrected chi connectivity index (χ0v) is 12.9. The molecule has 0 fully saturated rings. The van der Waals surface area contributed by atoms with Crippen LogP contribution in [-0.4, -0.2) is 14.7 Å². The first kappa shape index (κ1) is 15.5. The molecule has 5 heteroatoms. The van der Waals surface area contributed by atoms with Crippen molar-refractivity contribution in [1.29, 1.82) is 0 Å². The van der Waals surface area contributed by atoms with E-state index in [0.717, 1.165) is 12.0 Å². The largest absolute Gasteiger partial charge is 0.457 e. The Hall–Kier alpha value is -1.85. The minimum absolute atomic E-state index is 0.0209. The van der Waals surface area contributed by atoms with Gasteiger partial charge in [0, 0.05) is 12.3 Å². The van der Waals surface area contributed by atoms with Gasteiger partial charge in [0.15, 0.2) is 9.84 Å². The summed E-state index contributed by atoms with van der Waals surface area (Å²) in [6.07, 6.45) is 2.05. The molecule has 2 rings (SSSR count). The summed E-state index contributed by atoms with van der Waals surface area (Å²) >= 11 is 0. The first-order valence-electron chi connectivity index (χ1n) is 6.73. The van der Waals surface area contributed by atoms with Crippen molar-refractivity contribution in [3.63, 3.8) is 0 Å². The number of hydrogen-bond acceptors (Lipinski definition) is 4. The molecule has 2 N–H and O–H groups in total. The average Bonchev–Trinajstić information content (AvgIpc) is 2.47. The smallest absolute Gasteiger partial charge is 0.175 e. The lowest BCUT2D eigenvalue weighted by Crippen LogP contribution is -2.08. The molecular weight excluding hydrogens is 286 g/mol. The maximum absolute atomic E-state index is 11.5. The molecule has 0 spiro atoms. The summed E-state index contributed by atoms with van der Waals surface area (Å²) in [4.78, 5) is 0.240. The molecule has 0 aliphatic rings. The number of sulfone groups is 1. The third-order valence-electron chi connectivity index (χ3n) is 3.22. The van der Waals surface area contributed by atoms with Crippen LogP contribution in [0.3, 0.4) is 0 Å². The molecular formula is C16H19NO3S. The van der Waals surface area contributed by atoms with E-state index in [9.17, 15) is 8.42 Å². The highest BCUT2D eigenvalue weighted by Crippen LogP contribution is 2.25. The van der Waals surface area contributed by atoms with E-state index in [1.807, 2.05) is 31.2 Å². The molecule has 1 atom stereocenters. The van der Waals surface area contributed by atoms with E-state index < -0.39 is 9.84 Å². The van der Waals surface area contributed by atoms with Crippen LogP contribution in [-0.2, 0) is 9.84 Å². The van der Waals surface area contributed by atoms with Crippen molar-refractivity contribution < 1.29 is 13.2 Å². The van der Waals surface area contributed by atoms with E-state index in [-0.39, 0.29) is 10.9 Å². The molecule has 4 nitrogen and oxygen atoms in total. The van der Waals surface area contributed by atoms with Gasteiger partial charge in [-0.2, -0.15) is 0 Å². The van der Waals surface area contributed by atoms with Crippen molar-refractivity contribution in [2.24, 2.45) is 5.73 Å². The normalized spacial score (nSPS) is 12.9. The summed E-state index contributed by atoms with van der Waals surface area (Å²) in [6.45, 7) is 2.03. The second-order valence-corrected chi connectivity index (χ2v) is 6.95. The fourth-order valence-corrected chi connectivity index (χ4v) is 2.58. The van der Waals surface area contributed by atoms with Gasteiger partial charge in [-0.3, -0.25) is 0 Å². The molecule has 2 aromatic rings. The molecule has 0 saturated heterocycles. The van der Waals surface area contributed by atoms with E-state index in [1.54, 1.807) is 18.2 Å². The van der Waals surface area contributed by atoms with Crippen LogP contribution in [0.15, 0.2) is 53.4 Å². The van der Waals surface area contributed by atoms with Gasteiger partial charge in [-0.1, -0.05) is 25.1 Å². The van der Waals surface area contributed by atoms with Crippen LogP contribution >= 0.6 is 0 Å². The lowest BCUT2D eigenvalue weighted by molar-refractivity contribution is 0.480. The van der Waals surface area contributed by atoms with Crippen molar-refractivity contribution in [1.82, 2.24) is 0 Å². The van der Waals surface area contributed by atoms with Crippen molar-refractivity contribution in [3.05, 3.63) is 54.1 Å². The van der Waals surface area contributed by atoms with E-state index in [0.29, 0.717) is 11.5 Å². The Labute approximate surface area is 125 Å². The van der Waals surface area contributed by atoms with Crippen molar-refractivity contribution in [2.75, 3.05) is 6.26 Å². The number of hydrogen-bond donors (Lipinski definition) is 1. The topological polar surface area (TPSA) is 69.4 Å². The lowest BCUT2D eigenvalue weighted by Gasteiger charge is -2.11. The highest BCUT2D eigenvalue weighted by atomic mass is 32.2. The van der Waals surface area contributed by atoms with Gasteiger partial charge in [0.1, 0.15) is 11.5 Å². The first-order chi connectivity index (χ1) is 9.90. The van der Waals surface area contributed by atoms with Crippen LogP contribution < -0.4 is 10.5 Å². The predicted octanol–water partition coefficient (Wildman–Crippen LogP) is 3.29. The summed E-state index contributed by atoms with van der Waals surface area (Å²) in [5, 5.41) is 0. The third kappa shape index (κ3) is 4.06. The zero-order valence-electron chi connectivity index (χ0n) is 12.1. The van der Waals surface area contributed by atoms with Crippen molar-refractivity contribution in [2.45, 2.75) is 24.3 Å². The van der Waals surface area contributed by atoms with Gasteiger partial charge in [0.25, 0.3) is 0 Å². The Kier molecular flexibility index (Phi) is 4.65. The second kappa shape index (κ2) is 6.28. The number of nitrogens with two attached hydrogens (primary N) is 1. The lowest BCUT2D eigenvalue weighted by atomic mass is 10.1. The molecule has 0 bridgehead atoms. The van der Waals surface area contributed by atoms with Gasteiger partial charge in [-0.25, -0.2) is 8.42 Å². The van der Waals surface area contributed by atoms with Gasteiger partial charge in [-0.15, -0.1) is 0 Å². The maximum Gasteiger partial charge on any atom is 0.175 e. The molecule has 0 aromatic heterocycles. The Morgan fingerprint density at radius 3 is 2.33 bits per heavy atom. The molecule has 0 radical (unpaired) electrons. The summed E-state index contributed by atoms with van der Waals surface area (Å²) in [5.74, 6) is 1.14. The molecule has 0 aliphatic carbocycles. The maximum atomic E-state index is 11.5. The van der Waals surface area contributed by atoms with Gasteiger partial charge in [0.2, 0.25) is 0 Å². The monoisotopic (exact) mass is 305 g/mol. The number of rotatable bonds is 5. The number of ether oxygens (including phenoxy) is 1. The highest BCUT2D eigenvalue weighted by Gasteiger charge is 2.08. The second-order valence-electron chi connectivity index (χ2n) is 4.93. The SMILES string of the molecule is CC[C@H](N)c1ccc(Oc2cccc(S(C)(=O)=O)c2)cc1. The van der Waals surface area contributed by atoms with Gasteiger partial charge in [0.05, 0.1) is 4.90 Å². The minimum atomic E-state index is -3.24. The molecule has 112 valence electrons. The Morgan fingerprint density at radius 2 is 1.76 bits per heavy atom. The minimum Gasteiger partial charge on any atom is -0.457 e. The van der Waals surface area contributed by atoms with E-state index in [1.165, 1.54) is 12.3 Å². The van der Waals surface area contributed by atoms with E-state index >= 15 is 0 Å². The molecule has 2 aromatic carbocycles. The Balaban J connectivity index is 2.19. The van der Waals surface area contributed by atoms with Crippen LogP contribution in [0.2, 0.25) is 0 Å². The van der Waals surface area contributed by atoms with Crippen molar-refractivity contribution >= 4 is 9.84 Å². The van der Waals surface area contributed by atoms with Crippen LogP contribution in [0, 0.1) is 0 Å². The molecule has 0 aliphatic heterocycles. The quantitative estimate of drug-likeness (QED) is 0.920. The van der Waals surface area contributed by atoms with Crippen LogP contribution in [0.1, 0.15) is 24.9 Å². The van der Waals surface area contributed by atoms with Crippen LogP contribution in [0.4, 0.5) is 0 Å². The number of benzene rings is 2. The molecule has 0 heterocycles. The molecule has 21 heavy (non-hydrogen) atoms. The summed E-state index contributed by atoms with van der Waals surface area (Å²) in [5.41, 5.74) is 7.01. The zero-order chi connectivity index (χ0) is 15.5. The van der Waals surface area contributed by atoms with Gasteiger partial charge < -0.3 is 10.5 Å². The molecule has 0 saturated carbocycles. The highest BCUT2D eigenvalue weighted by molar-refractivity contribution is 7.90. The summed E-state index contributed by atoms with van der Waals surface area (Å²) in [6, 6.07) is 14.0. The van der Waals surface area contributed by atoms with Crippen molar-refractivity contribution in [3.8, 4) is 11.5 Å². The van der Waals surface area contributed by atoms with E-state index in [2.05, 4.69) is 0 Å². The van der Waals surface area contributed by atoms with Gasteiger partial charge in [-0.05, 0) is 42.3 Å². The summed E-state index contributed by atoms with van der Waals surface area (Å²) < 4.78 is 28.7. The summed E-state index contributed by atoms with van der Waals surface area (Å²) in [7, 11) is -3.24. The average molecular weight is 305 g/mol. The standard InChI is InChI=1S/C16H19NO3S/c1-3-16(17)12-7-9-13(10-8-12)20-14-5-4-6-15(11-14)21(2,18)19/h4-11,16H,3,17H2,1-2H3/t16-/m0/s1. The fourth-order valence-electron chi connectivity index (χ4n) is 1.92. The van der Waals surface area contributed by atoms with Crippen LogP contribution in [0.25, 0.3) is 0 Å². The molecule has 0 unspecified atom stereocenters. The molecule has 0 amide bonds.